The van der Waals surface area contributed by atoms with Gasteiger partial charge in [-0.25, -0.2) is 0 Å². The van der Waals surface area contributed by atoms with E-state index in [0.29, 0.717) is 23.5 Å². The molecule has 1 atom stereocenters. The molecule has 1 saturated carbocycles. The van der Waals surface area contributed by atoms with Gasteiger partial charge in [-0.1, -0.05) is 31.0 Å². The zero-order valence-electron chi connectivity index (χ0n) is 19.2. The number of carbonyl (C=O) groups is 1. The molecule has 1 aromatic carbocycles. The molecule has 1 N–H and O–H groups in total. The Labute approximate surface area is 199 Å². The molecule has 7 nitrogen and oxygen atoms in total. The number of ether oxygens (including phenoxy) is 1. The molecule has 0 bridgehead atoms. The van der Waals surface area contributed by atoms with Gasteiger partial charge in [0.25, 0.3) is 0 Å². The molecule has 1 fully saturated rings. The summed E-state index contributed by atoms with van der Waals surface area (Å²) in [4.78, 5) is 16.9. The van der Waals surface area contributed by atoms with E-state index in [0.717, 1.165) is 23.5 Å². The first kappa shape index (κ1) is 23.3. The van der Waals surface area contributed by atoms with Gasteiger partial charge in [-0.3, -0.25) is 14.3 Å². The lowest BCUT2D eigenvalue weighted by molar-refractivity contribution is -0.120. The maximum Gasteiger partial charge on any atom is 0.233 e. The van der Waals surface area contributed by atoms with Crippen LogP contribution < -0.4 is 10.1 Å². The lowest BCUT2D eigenvalue weighted by Gasteiger charge is -2.22. The molecule has 0 spiro atoms. The fourth-order valence-corrected chi connectivity index (χ4v) is 5.01. The Morgan fingerprint density at radius 3 is 2.55 bits per heavy atom. The first-order valence-electron chi connectivity index (χ1n) is 11.7. The normalized spacial score (nSPS) is 15.2. The van der Waals surface area contributed by atoms with Crippen molar-refractivity contribution in [1.29, 1.82) is 0 Å². The van der Waals surface area contributed by atoms with Crippen LogP contribution in [0.5, 0.6) is 5.75 Å². The monoisotopic (exact) mass is 465 g/mol. The van der Waals surface area contributed by atoms with Crippen LogP contribution in [0.15, 0.2) is 53.9 Å². The molecule has 1 unspecified atom stereocenters. The number of hydrogen-bond acceptors (Lipinski definition) is 6. The summed E-state index contributed by atoms with van der Waals surface area (Å²) in [7, 11) is 0. The third-order valence-electron chi connectivity index (χ3n) is 5.92. The minimum Gasteiger partial charge on any atom is -0.494 e. The maximum atomic E-state index is 12.8. The second-order valence-corrected chi connectivity index (χ2v) is 9.62. The molecule has 4 rings (SSSR count). The lowest BCUT2D eigenvalue weighted by atomic mass is 9.89. The van der Waals surface area contributed by atoms with E-state index in [-0.39, 0.29) is 11.2 Å². The van der Waals surface area contributed by atoms with Crippen molar-refractivity contribution < 1.29 is 9.53 Å². The van der Waals surface area contributed by atoms with Gasteiger partial charge < -0.3 is 10.1 Å². The van der Waals surface area contributed by atoms with Crippen molar-refractivity contribution in [1.82, 2.24) is 25.1 Å². The van der Waals surface area contributed by atoms with Crippen molar-refractivity contribution in [2.24, 2.45) is 5.92 Å². The predicted octanol–water partition coefficient (Wildman–Crippen LogP) is 4.91. The number of aromatic nitrogens is 4. The lowest BCUT2D eigenvalue weighted by Crippen LogP contribution is -2.35. The maximum absolute atomic E-state index is 12.8. The second-order valence-electron chi connectivity index (χ2n) is 8.31. The van der Waals surface area contributed by atoms with E-state index in [4.69, 9.17) is 4.74 Å². The molecule has 8 heteroatoms. The first-order valence-corrected chi connectivity index (χ1v) is 12.6. The summed E-state index contributed by atoms with van der Waals surface area (Å²) in [6.45, 7) is 5.26. The molecule has 0 saturated heterocycles. The summed E-state index contributed by atoms with van der Waals surface area (Å²) in [5, 5.41) is 12.4. The van der Waals surface area contributed by atoms with E-state index in [2.05, 4.69) is 20.5 Å². The van der Waals surface area contributed by atoms with Gasteiger partial charge in [-0.2, -0.15) is 0 Å². The molecule has 33 heavy (non-hydrogen) atoms. The number of nitrogens with one attached hydrogen (secondary N) is 1. The van der Waals surface area contributed by atoms with Crippen LogP contribution in [0.4, 0.5) is 0 Å². The Balaban J connectivity index is 1.54. The third-order valence-corrected chi connectivity index (χ3v) is 6.96. The van der Waals surface area contributed by atoms with Crippen molar-refractivity contribution in [3.05, 3.63) is 48.8 Å². The molecule has 0 aliphatic heterocycles. The van der Waals surface area contributed by atoms with Gasteiger partial charge in [0.05, 0.1) is 11.9 Å². The molecule has 0 radical (unpaired) electrons. The average Bonchev–Trinajstić information content (AvgIpc) is 3.27. The van der Waals surface area contributed by atoms with Crippen molar-refractivity contribution in [3.63, 3.8) is 0 Å². The van der Waals surface area contributed by atoms with Crippen LogP contribution in [0.1, 0.15) is 46.0 Å². The smallest absolute Gasteiger partial charge is 0.233 e. The fraction of sp³-hybridized carbons (Fsp3) is 0.440. The van der Waals surface area contributed by atoms with Crippen LogP contribution >= 0.6 is 11.8 Å². The van der Waals surface area contributed by atoms with Crippen LogP contribution in [-0.2, 0) is 4.79 Å². The van der Waals surface area contributed by atoms with Gasteiger partial charge in [0.1, 0.15) is 5.75 Å². The quantitative estimate of drug-likeness (QED) is 0.453. The van der Waals surface area contributed by atoms with E-state index in [9.17, 15) is 4.79 Å². The first-order chi connectivity index (χ1) is 16.2. The highest BCUT2D eigenvalue weighted by atomic mass is 32.2. The fourth-order valence-electron chi connectivity index (χ4n) is 4.12. The summed E-state index contributed by atoms with van der Waals surface area (Å²) in [6, 6.07) is 11.6. The van der Waals surface area contributed by atoms with E-state index < -0.39 is 0 Å². The second kappa shape index (κ2) is 11.3. The zero-order valence-corrected chi connectivity index (χ0v) is 20.1. The van der Waals surface area contributed by atoms with Crippen LogP contribution in [0.2, 0.25) is 0 Å². The Morgan fingerprint density at radius 1 is 1.12 bits per heavy atom. The van der Waals surface area contributed by atoms with Crippen molar-refractivity contribution in [2.45, 2.75) is 56.4 Å². The van der Waals surface area contributed by atoms with Gasteiger partial charge in [0.15, 0.2) is 11.0 Å². The molecule has 174 valence electrons. The standard InChI is InChI=1S/C25H31N5O2S/c1-3-32-22-11-9-21(10-12-22)30-23(20-13-15-26-16-14-20)28-29-25(30)33-18(2)24(31)27-17-19-7-5-4-6-8-19/h9-16,18-19H,3-8,17H2,1-2H3,(H,27,31). The van der Waals surface area contributed by atoms with Crippen molar-refractivity contribution >= 4 is 17.7 Å². The number of thioether (sulfide) groups is 1. The topological polar surface area (TPSA) is 81.9 Å². The third kappa shape index (κ3) is 5.93. The van der Waals surface area contributed by atoms with E-state index in [1.54, 1.807) is 12.4 Å². The van der Waals surface area contributed by atoms with Gasteiger partial charge in [0.2, 0.25) is 5.91 Å². The largest absolute Gasteiger partial charge is 0.494 e. The number of carbonyl (C=O) groups excluding carboxylic acids is 1. The van der Waals surface area contributed by atoms with Gasteiger partial charge >= 0.3 is 0 Å². The highest BCUT2D eigenvalue weighted by Crippen LogP contribution is 2.31. The SMILES string of the molecule is CCOc1ccc(-n2c(SC(C)C(=O)NCC3CCCCC3)nnc2-c2ccncc2)cc1. The molecule has 3 aromatic rings. The minimum absolute atomic E-state index is 0.0391. The van der Waals surface area contributed by atoms with E-state index in [1.807, 2.05) is 54.8 Å². The molecular formula is C25H31N5O2S. The molecule has 1 amide bonds. The molecule has 2 aromatic heterocycles. The summed E-state index contributed by atoms with van der Waals surface area (Å²) in [5.74, 6) is 2.16. The number of nitrogens with zero attached hydrogens (tertiary/aromatic N) is 4. The van der Waals surface area contributed by atoms with Crippen molar-refractivity contribution in [3.8, 4) is 22.8 Å². The Hall–Kier alpha value is -2.87. The highest BCUT2D eigenvalue weighted by molar-refractivity contribution is 8.00. The Kier molecular flexibility index (Phi) is 7.99. The number of hydrogen-bond donors (Lipinski definition) is 1. The molecule has 1 aliphatic rings. The molecular weight excluding hydrogens is 434 g/mol. The van der Waals surface area contributed by atoms with Crippen molar-refractivity contribution in [2.75, 3.05) is 13.2 Å². The predicted molar refractivity (Wildman–Crippen MR) is 131 cm³/mol. The number of benzene rings is 1. The van der Waals surface area contributed by atoms with E-state index in [1.165, 1.54) is 43.9 Å². The Morgan fingerprint density at radius 2 is 1.85 bits per heavy atom. The summed E-state index contributed by atoms with van der Waals surface area (Å²) in [5.41, 5.74) is 1.82. The molecule has 1 aliphatic carbocycles. The number of amides is 1. The average molecular weight is 466 g/mol. The summed E-state index contributed by atoms with van der Waals surface area (Å²) >= 11 is 1.42. The summed E-state index contributed by atoms with van der Waals surface area (Å²) in [6.07, 6.45) is 9.76. The zero-order chi connectivity index (χ0) is 23.0. The van der Waals surface area contributed by atoms with Crippen LogP contribution in [0.3, 0.4) is 0 Å². The highest BCUT2D eigenvalue weighted by Gasteiger charge is 2.23. The van der Waals surface area contributed by atoms with Crippen LogP contribution in [0, 0.1) is 5.92 Å². The number of pyridine rings is 1. The van der Waals surface area contributed by atoms with Gasteiger partial charge in [-0.15, -0.1) is 10.2 Å². The van der Waals surface area contributed by atoms with Gasteiger partial charge in [-0.05, 0) is 69.0 Å². The van der Waals surface area contributed by atoms with Crippen LogP contribution in [-0.4, -0.2) is 44.1 Å². The van der Waals surface area contributed by atoms with Crippen LogP contribution in [0.25, 0.3) is 17.1 Å². The van der Waals surface area contributed by atoms with E-state index >= 15 is 0 Å². The van der Waals surface area contributed by atoms with Gasteiger partial charge in [0, 0.05) is 30.2 Å². The summed E-state index contributed by atoms with van der Waals surface area (Å²) < 4.78 is 7.58. The number of rotatable bonds is 9. The Bertz CT molecular complexity index is 1030. The minimum atomic E-state index is -0.287. The molecule has 2 heterocycles.